The van der Waals surface area contributed by atoms with Crippen molar-refractivity contribution in [2.75, 3.05) is 6.54 Å². The molecule has 1 heterocycles. The van der Waals surface area contributed by atoms with E-state index in [-0.39, 0.29) is 0 Å². The van der Waals surface area contributed by atoms with Gasteiger partial charge in [-0.1, -0.05) is 27.7 Å². The minimum Gasteiger partial charge on any atom is -0.314 e. The van der Waals surface area contributed by atoms with E-state index in [4.69, 9.17) is 0 Å². The molecule has 0 aliphatic rings. The van der Waals surface area contributed by atoms with Crippen LogP contribution in [0.4, 0.5) is 0 Å². The van der Waals surface area contributed by atoms with Crippen LogP contribution < -0.4 is 5.32 Å². The lowest BCUT2D eigenvalue weighted by Gasteiger charge is -2.18. The van der Waals surface area contributed by atoms with Crippen molar-refractivity contribution in [2.45, 2.75) is 53.0 Å². The van der Waals surface area contributed by atoms with Gasteiger partial charge in [0, 0.05) is 18.9 Å². The molecule has 4 heteroatoms. The molecule has 1 N–H and O–H groups in total. The third-order valence-electron chi connectivity index (χ3n) is 2.50. The van der Waals surface area contributed by atoms with Crippen molar-refractivity contribution in [3.63, 3.8) is 0 Å². The topological polar surface area (TPSA) is 37.8 Å². The summed E-state index contributed by atoms with van der Waals surface area (Å²) < 4.78 is 4.33. The Morgan fingerprint density at radius 1 is 1.31 bits per heavy atom. The Morgan fingerprint density at radius 3 is 2.56 bits per heavy atom. The maximum absolute atomic E-state index is 4.53. The van der Waals surface area contributed by atoms with Crippen LogP contribution in [0.2, 0.25) is 0 Å². The van der Waals surface area contributed by atoms with Crippen LogP contribution >= 0.6 is 11.5 Å². The second-order valence-corrected chi connectivity index (χ2v) is 5.38. The average Bonchev–Trinajstić information content (AvgIpc) is 2.65. The Balaban J connectivity index is 2.52. The number of hydrogen-bond acceptors (Lipinski definition) is 4. The van der Waals surface area contributed by atoms with Gasteiger partial charge < -0.3 is 5.32 Å². The lowest BCUT2D eigenvalue weighted by atomic mass is 10.0. The fourth-order valence-electron chi connectivity index (χ4n) is 1.82. The highest BCUT2D eigenvalue weighted by Crippen LogP contribution is 2.13. The van der Waals surface area contributed by atoms with Crippen molar-refractivity contribution in [2.24, 2.45) is 5.92 Å². The van der Waals surface area contributed by atoms with Crippen LogP contribution in [-0.4, -0.2) is 21.9 Å². The smallest absolute Gasteiger partial charge is 0.142 e. The maximum Gasteiger partial charge on any atom is 0.142 e. The van der Waals surface area contributed by atoms with Gasteiger partial charge in [-0.05, 0) is 30.4 Å². The SMILES string of the molecule is CCNC(Cc1nc(CC)ns1)CC(C)C. The molecule has 0 amide bonds. The molecule has 1 unspecified atom stereocenters. The Bertz CT molecular complexity index is 296. The molecule has 0 radical (unpaired) electrons. The van der Waals surface area contributed by atoms with Crippen molar-refractivity contribution in [1.29, 1.82) is 0 Å². The number of likely N-dealkylation sites (N-methyl/N-ethyl adjacent to an activating group) is 1. The summed E-state index contributed by atoms with van der Waals surface area (Å²) in [6, 6.07) is 0.544. The van der Waals surface area contributed by atoms with Gasteiger partial charge in [0.25, 0.3) is 0 Å². The molecule has 0 saturated heterocycles. The molecular weight excluding hydrogens is 218 g/mol. The summed E-state index contributed by atoms with van der Waals surface area (Å²) in [7, 11) is 0. The quantitative estimate of drug-likeness (QED) is 0.797. The van der Waals surface area contributed by atoms with Crippen molar-refractivity contribution >= 4 is 11.5 Å². The fourth-order valence-corrected chi connectivity index (χ4v) is 2.63. The molecule has 1 aromatic rings. The molecule has 92 valence electrons. The summed E-state index contributed by atoms with van der Waals surface area (Å²) in [4.78, 5) is 4.53. The maximum atomic E-state index is 4.53. The number of nitrogens with one attached hydrogen (secondary N) is 1. The Labute approximate surface area is 103 Å². The van der Waals surface area contributed by atoms with Gasteiger partial charge in [0.15, 0.2) is 0 Å². The predicted octanol–water partition coefficient (Wildman–Crippen LogP) is 2.67. The van der Waals surface area contributed by atoms with Gasteiger partial charge in [-0.3, -0.25) is 0 Å². The zero-order chi connectivity index (χ0) is 12.0. The van der Waals surface area contributed by atoms with E-state index in [1.165, 1.54) is 11.4 Å². The third-order valence-corrected chi connectivity index (χ3v) is 3.27. The average molecular weight is 241 g/mol. The van der Waals surface area contributed by atoms with Gasteiger partial charge in [-0.2, -0.15) is 4.37 Å². The van der Waals surface area contributed by atoms with Gasteiger partial charge in [0.05, 0.1) is 0 Å². The van der Waals surface area contributed by atoms with E-state index in [2.05, 4.69) is 42.4 Å². The van der Waals surface area contributed by atoms with Gasteiger partial charge in [-0.15, -0.1) is 0 Å². The highest BCUT2D eigenvalue weighted by Gasteiger charge is 2.13. The summed E-state index contributed by atoms with van der Waals surface area (Å²) in [5.74, 6) is 1.71. The van der Waals surface area contributed by atoms with Gasteiger partial charge in [0.2, 0.25) is 0 Å². The lowest BCUT2D eigenvalue weighted by Crippen LogP contribution is -2.32. The molecule has 1 rings (SSSR count). The molecule has 1 atom stereocenters. The Hall–Kier alpha value is -0.480. The first kappa shape index (κ1) is 13.6. The van der Waals surface area contributed by atoms with E-state index in [1.54, 1.807) is 11.5 Å². The van der Waals surface area contributed by atoms with E-state index >= 15 is 0 Å². The molecule has 0 saturated carbocycles. The van der Waals surface area contributed by atoms with Gasteiger partial charge in [0.1, 0.15) is 10.8 Å². The number of nitrogens with zero attached hydrogens (tertiary/aromatic N) is 2. The normalized spacial score (nSPS) is 13.3. The Kier molecular flexibility index (Phi) is 5.91. The summed E-state index contributed by atoms with van der Waals surface area (Å²) in [6.45, 7) is 9.81. The highest BCUT2D eigenvalue weighted by molar-refractivity contribution is 7.05. The van der Waals surface area contributed by atoms with Crippen molar-refractivity contribution in [1.82, 2.24) is 14.7 Å². The molecular formula is C12H23N3S. The summed E-state index contributed by atoms with van der Waals surface area (Å²) in [6.07, 6.45) is 3.16. The first-order chi connectivity index (χ1) is 7.65. The molecule has 0 fully saturated rings. The van der Waals surface area contributed by atoms with Crippen LogP contribution in [0.15, 0.2) is 0 Å². The first-order valence-electron chi connectivity index (χ1n) is 6.20. The second-order valence-electron chi connectivity index (χ2n) is 4.55. The van der Waals surface area contributed by atoms with Crippen molar-refractivity contribution < 1.29 is 0 Å². The highest BCUT2D eigenvalue weighted by atomic mass is 32.1. The summed E-state index contributed by atoms with van der Waals surface area (Å²) in [5, 5.41) is 4.70. The van der Waals surface area contributed by atoms with E-state index in [9.17, 15) is 0 Å². The minimum atomic E-state index is 0.544. The standard InChI is InChI=1S/C12H23N3S/c1-5-11-14-12(16-15-11)8-10(13-6-2)7-9(3)4/h9-10,13H,5-8H2,1-4H3. The van der Waals surface area contributed by atoms with Crippen molar-refractivity contribution in [3.8, 4) is 0 Å². The van der Waals surface area contributed by atoms with Crippen LogP contribution in [0.5, 0.6) is 0 Å². The molecule has 3 nitrogen and oxygen atoms in total. The molecule has 0 bridgehead atoms. The van der Waals surface area contributed by atoms with Crippen LogP contribution in [-0.2, 0) is 12.8 Å². The van der Waals surface area contributed by atoms with Crippen LogP contribution in [0.25, 0.3) is 0 Å². The van der Waals surface area contributed by atoms with E-state index in [1.807, 2.05) is 0 Å². The number of hydrogen-bond donors (Lipinski definition) is 1. The predicted molar refractivity (Wildman–Crippen MR) is 69.9 cm³/mol. The monoisotopic (exact) mass is 241 g/mol. The number of aryl methyl sites for hydroxylation is 1. The molecule has 16 heavy (non-hydrogen) atoms. The van der Waals surface area contributed by atoms with Crippen molar-refractivity contribution in [3.05, 3.63) is 10.8 Å². The third kappa shape index (κ3) is 4.58. The number of rotatable bonds is 7. The molecule has 1 aromatic heterocycles. The van der Waals surface area contributed by atoms with Gasteiger partial charge >= 0.3 is 0 Å². The first-order valence-corrected chi connectivity index (χ1v) is 6.97. The van der Waals surface area contributed by atoms with E-state index in [0.717, 1.165) is 31.1 Å². The van der Waals surface area contributed by atoms with Gasteiger partial charge in [-0.25, -0.2) is 4.98 Å². The summed E-state index contributed by atoms with van der Waals surface area (Å²) >= 11 is 1.55. The minimum absolute atomic E-state index is 0.544. The molecule has 0 aliphatic carbocycles. The molecule has 0 spiro atoms. The van der Waals surface area contributed by atoms with E-state index in [0.29, 0.717) is 6.04 Å². The largest absolute Gasteiger partial charge is 0.314 e. The molecule has 0 aliphatic heterocycles. The lowest BCUT2D eigenvalue weighted by molar-refractivity contribution is 0.423. The number of aromatic nitrogens is 2. The zero-order valence-electron chi connectivity index (χ0n) is 10.8. The van der Waals surface area contributed by atoms with Crippen LogP contribution in [0.1, 0.15) is 44.9 Å². The Morgan fingerprint density at radius 2 is 2.06 bits per heavy atom. The van der Waals surface area contributed by atoms with E-state index < -0.39 is 0 Å². The zero-order valence-corrected chi connectivity index (χ0v) is 11.6. The summed E-state index contributed by atoms with van der Waals surface area (Å²) in [5.41, 5.74) is 0. The van der Waals surface area contributed by atoms with Crippen LogP contribution in [0.3, 0.4) is 0 Å². The molecule has 0 aromatic carbocycles. The second kappa shape index (κ2) is 6.97. The van der Waals surface area contributed by atoms with Crippen LogP contribution in [0, 0.1) is 5.92 Å². The fraction of sp³-hybridized carbons (Fsp3) is 0.833.